The van der Waals surface area contributed by atoms with Gasteiger partial charge in [-0.3, -0.25) is 0 Å². The summed E-state index contributed by atoms with van der Waals surface area (Å²) in [5.74, 6) is -0.527. The number of aromatic amines is 1. The number of nitrogens with zero attached hydrogens (tertiary/aromatic N) is 2. The van der Waals surface area contributed by atoms with Crippen LogP contribution in [0.4, 0.5) is 10.2 Å². The minimum atomic E-state index is -0.985. The molecule has 0 bridgehead atoms. The van der Waals surface area contributed by atoms with Crippen molar-refractivity contribution in [3.8, 4) is 11.3 Å². The van der Waals surface area contributed by atoms with E-state index >= 15 is 0 Å². The van der Waals surface area contributed by atoms with Crippen LogP contribution in [0.2, 0.25) is 0 Å². The van der Waals surface area contributed by atoms with E-state index in [9.17, 15) is 14.3 Å². The maximum absolute atomic E-state index is 14.2. The number of hydrogen-bond donors (Lipinski definition) is 3. The van der Waals surface area contributed by atoms with Gasteiger partial charge in [0.25, 0.3) is 0 Å². The Morgan fingerprint density at radius 2 is 2.06 bits per heavy atom. The molecule has 0 radical (unpaired) electrons. The molecule has 0 aliphatic carbocycles. The number of benzene rings is 2. The lowest BCUT2D eigenvalue weighted by Crippen LogP contribution is -2.07. The Morgan fingerprint density at radius 1 is 1.16 bits per heavy atom. The molecule has 3 heterocycles. The summed E-state index contributed by atoms with van der Waals surface area (Å²) in [6.07, 6.45) is 3.83. The number of nitrogens with one attached hydrogen (secondary N) is 2. The first-order valence-corrected chi connectivity index (χ1v) is 10.5. The smallest absolute Gasteiger partial charge is 0.337 e. The van der Waals surface area contributed by atoms with Crippen LogP contribution in [0.5, 0.6) is 0 Å². The van der Waals surface area contributed by atoms with Crippen LogP contribution >= 0.6 is 11.3 Å². The Hall–Kier alpha value is -3.78. The molecular formula is C23H17FN4O2S. The molecule has 31 heavy (non-hydrogen) atoms. The standard InChI is InChI=1S/C23H17FN4O2S/c24-18-10-13(9-14-5-8-31-22(14)18)3-6-25-20-11-19(27-12-28-20)15-1-2-17(23(29)30)21-16(15)4-7-26-21/h1-2,4-5,7-12,26H,3,6H2,(H,29,30)(H,25,27,28). The van der Waals surface area contributed by atoms with Gasteiger partial charge in [-0.1, -0.05) is 12.1 Å². The first-order valence-electron chi connectivity index (χ1n) is 9.65. The monoisotopic (exact) mass is 432 g/mol. The first-order chi connectivity index (χ1) is 15.1. The fourth-order valence-electron chi connectivity index (χ4n) is 3.74. The molecule has 5 aromatic rings. The highest BCUT2D eigenvalue weighted by Crippen LogP contribution is 2.30. The van der Waals surface area contributed by atoms with E-state index in [2.05, 4.69) is 20.3 Å². The molecule has 2 aromatic carbocycles. The minimum Gasteiger partial charge on any atom is -0.478 e. The molecule has 5 rings (SSSR count). The molecule has 0 saturated carbocycles. The molecule has 3 N–H and O–H groups in total. The molecule has 8 heteroatoms. The number of anilines is 1. The van der Waals surface area contributed by atoms with Crippen molar-refractivity contribution in [1.29, 1.82) is 0 Å². The van der Waals surface area contributed by atoms with E-state index < -0.39 is 5.97 Å². The third kappa shape index (κ3) is 3.62. The molecule has 0 unspecified atom stereocenters. The summed E-state index contributed by atoms with van der Waals surface area (Å²) in [6, 6.07) is 12.5. The fourth-order valence-corrected chi connectivity index (χ4v) is 4.52. The molecule has 0 aliphatic rings. The van der Waals surface area contributed by atoms with Crippen LogP contribution in [0.25, 0.3) is 32.2 Å². The summed E-state index contributed by atoms with van der Waals surface area (Å²) >= 11 is 1.40. The van der Waals surface area contributed by atoms with E-state index in [0.717, 1.165) is 21.9 Å². The Morgan fingerprint density at radius 3 is 2.94 bits per heavy atom. The van der Waals surface area contributed by atoms with Crippen molar-refractivity contribution in [2.75, 3.05) is 11.9 Å². The second-order valence-corrected chi connectivity index (χ2v) is 8.03. The van der Waals surface area contributed by atoms with Crippen molar-refractivity contribution in [2.24, 2.45) is 0 Å². The highest BCUT2D eigenvalue weighted by atomic mass is 32.1. The number of thiophene rings is 1. The normalized spacial score (nSPS) is 11.3. The molecule has 0 atom stereocenters. The highest BCUT2D eigenvalue weighted by Gasteiger charge is 2.14. The lowest BCUT2D eigenvalue weighted by molar-refractivity contribution is 0.0699. The summed E-state index contributed by atoms with van der Waals surface area (Å²) in [5.41, 5.74) is 3.19. The number of rotatable bonds is 6. The Balaban J connectivity index is 1.36. The summed E-state index contributed by atoms with van der Waals surface area (Å²) in [7, 11) is 0. The van der Waals surface area contributed by atoms with Gasteiger partial charge in [-0.05, 0) is 47.0 Å². The largest absolute Gasteiger partial charge is 0.478 e. The van der Waals surface area contributed by atoms with Crippen LogP contribution < -0.4 is 5.32 Å². The molecule has 0 amide bonds. The predicted octanol–water partition coefficient (Wildman–Crippen LogP) is 5.33. The second kappa shape index (κ2) is 7.81. The number of fused-ring (bicyclic) bond motifs is 2. The quantitative estimate of drug-likeness (QED) is 0.337. The van der Waals surface area contributed by atoms with Crippen LogP contribution in [0.1, 0.15) is 15.9 Å². The molecule has 0 aliphatic heterocycles. The molecule has 6 nitrogen and oxygen atoms in total. The van der Waals surface area contributed by atoms with Crippen LogP contribution in [0, 0.1) is 5.82 Å². The van der Waals surface area contributed by atoms with E-state index in [1.54, 1.807) is 24.4 Å². The molecule has 0 fully saturated rings. The van der Waals surface area contributed by atoms with Gasteiger partial charge in [-0.15, -0.1) is 11.3 Å². The van der Waals surface area contributed by atoms with E-state index in [0.29, 0.717) is 34.7 Å². The first kappa shape index (κ1) is 19.2. The number of carboxylic acids is 1. The summed E-state index contributed by atoms with van der Waals surface area (Å²) < 4.78 is 14.9. The van der Waals surface area contributed by atoms with Gasteiger partial charge in [0.1, 0.15) is 18.0 Å². The lowest BCUT2D eigenvalue weighted by Gasteiger charge is -2.09. The average molecular weight is 432 g/mol. The number of halogens is 1. The van der Waals surface area contributed by atoms with E-state index in [-0.39, 0.29) is 11.4 Å². The molecule has 3 aromatic heterocycles. The van der Waals surface area contributed by atoms with Gasteiger partial charge in [-0.2, -0.15) is 0 Å². The molecule has 0 saturated heterocycles. The number of carboxylic acid groups (broad SMARTS) is 1. The van der Waals surface area contributed by atoms with Gasteiger partial charge >= 0.3 is 5.97 Å². The maximum atomic E-state index is 14.2. The average Bonchev–Trinajstić information content (AvgIpc) is 3.43. The van der Waals surface area contributed by atoms with Crippen molar-refractivity contribution in [3.05, 3.63) is 77.3 Å². The van der Waals surface area contributed by atoms with Crippen molar-refractivity contribution in [1.82, 2.24) is 15.0 Å². The molecular weight excluding hydrogens is 415 g/mol. The topological polar surface area (TPSA) is 90.9 Å². The SMILES string of the molecule is O=C(O)c1ccc(-c2cc(NCCc3cc(F)c4sccc4c3)ncn2)c2cc[nH]c12. The van der Waals surface area contributed by atoms with Crippen LogP contribution in [0.15, 0.2) is 60.4 Å². The number of carbonyl (C=O) groups is 1. The van der Waals surface area contributed by atoms with Crippen molar-refractivity contribution >= 4 is 44.1 Å². The summed E-state index contributed by atoms with van der Waals surface area (Å²) in [4.78, 5) is 23.1. The van der Waals surface area contributed by atoms with Crippen LogP contribution in [0.3, 0.4) is 0 Å². The minimum absolute atomic E-state index is 0.188. The molecule has 154 valence electrons. The lowest BCUT2D eigenvalue weighted by atomic mass is 10.0. The predicted molar refractivity (Wildman–Crippen MR) is 120 cm³/mol. The Bertz CT molecular complexity index is 1430. The van der Waals surface area contributed by atoms with Crippen molar-refractivity contribution < 1.29 is 14.3 Å². The number of aromatic nitrogens is 3. The van der Waals surface area contributed by atoms with Gasteiger partial charge in [0.2, 0.25) is 0 Å². The van der Waals surface area contributed by atoms with Gasteiger partial charge in [0, 0.05) is 29.8 Å². The van der Waals surface area contributed by atoms with Gasteiger partial charge in [-0.25, -0.2) is 19.2 Å². The van der Waals surface area contributed by atoms with E-state index in [4.69, 9.17) is 0 Å². The zero-order chi connectivity index (χ0) is 21.4. The van der Waals surface area contributed by atoms with Crippen LogP contribution in [-0.4, -0.2) is 32.6 Å². The maximum Gasteiger partial charge on any atom is 0.337 e. The third-order valence-electron chi connectivity index (χ3n) is 5.18. The fraction of sp³-hybridized carbons (Fsp3) is 0.0870. The summed E-state index contributed by atoms with van der Waals surface area (Å²) in [6.45, 7) is 0.586. The molecule has 0 spiro atoms. The number of H-pyrrole nitrogens is 1. The zero-order valence-electron chi connectivity index (χ0n) is 16.2. The van der Waals surface area contributed by atoms with Gasteiger partial charge in [0.05, 0.1) is 21.5 Å². The number of aromatic carboxylic acids is 1. The Labute approximate surface area is 180 Å². The van der Waals surface area contributed by atoms with Crippen molar-refractivity contribution in [3.63, 3.8) is 0 Å². The summed E-state index contributed by atoms with van der Waals surface area (Å²) in [5, 5.41) is 16.2. The highest BCUT2D eigenvalue weighted by molar-refractivity contribution is 7.17. The van der Waals surface area contributed by atoms with Gasteiger partial charge in [0.15, 0.2) is 0 Å². The van der Waals surface area contributed by atoms with Crippen LogP contribution in [-0.2, 0) is 6.42 Å². The third-order valence-corrected chi connectivity index (χ3v) is 6.12. The van der Waals surface area contributed by atoms with E-state index in [1.807, 2.05) is 29.6 Å². The second-order valence-electron chi connectivity index (χ2n) is 7.11. The Kier molecular flexibility index (Phi) is 4.83. The number of hydrogen-bond acceptors (Lipinski definition) is 5. The van der Waals surface area contributed by atoms with Gasteiger partial charge < -0.3 is 15.4 Å². The van der Waals surface area contributed by atoms with E-state index in [1.165, 1.54) is 17.7 Å². The zero-order valence-corrected chi connectivity index (χ0v) is 17.0. The van der Waals surface area contributed by atoms with Crippen molar-refractivity contribution in [2.45, 2.75) is 6.42 Å².